The number of rotatable bonds is 6. The molecule has 0 radical (unpaired) electrons. The molecule has 1 atom stereocenters. The van der Waals surface area contributed by atoms with Crippen LogP contribution in [0.1, 0.15) is 19.3 Å². The zero-order valence-electron chi connectivity index (χ0n) is 11.1. The van der Waals surface area contributed by atoms with Crippen molar-refractivity contribution in [2.75, 3.05) is 26.2 Å². The molecule has 0 spiro atoms. The van der Waals surface area contributed by atoms with Crippen LogP contribution >= 0.6 is 0 Å². The molecule has 2 rings (SSSR count). The van der Waals surface area contributed by atoms with Gasteiger partial charge in [0, 0.05) is 19.5 Å². The summed E-state index contributed by atoms with van der Waals surface area (Å²) in [5.74, 6) is 0.497. The van der Waals surface area contributed by atoms with E-state index in [1.165, 1.54) is 0 Å². The second-order valence-electron chi connectivity index (χ2n) is 5.07. The van der Waals surface area contributed by atoms with Crippen molar-refractivity contribution in [3.63, 3.8) is 0 Å². The smallest absolute Gasteiger partial charge is 0.303 e. The normalized spacial score (nSPS) is 20.1. The lowest BCUT2D eigenvalue weighted by atomic mass is 9.95. The minimum absolute atomic E-state index is 0.288. The van der Waals surface area contributed by atoms with Crippen LogP contribution in [0.15, 0.2) is 30.3 Å². The molecular weight excluding hydrogens is 242 g/mol. The second-order valence-corrected chi connectivity index (χ2v) is 5.07. The van der Waals surface area contributed by atoms with E-state index in [9.17, 15) is 4.79 Å². The molecule has 104 valence electrons. The molecule has 1 N–H and O–H groups in total. The van der Waals surface area contributed by atoms with Crippen LogP contribution in [-0.2, 0) is 4.79 Å². The van der Waals surface area contributed by atoms with Crippen LogP contribution in [0.2, 0.25) is 0 Å². The minimum atomic E-state index is -0.688. The summed E-state index contributed by atoms with van der Waals surface area (Å²) in [6.07, 6.45) is 2.40. The molecule has 4 heteroatoms. The molecule has 1 unspecified atom stereocenters. The molecule has 1 aliphatic rings. The Hall–Kier alpha value is -1.55. The number of ether oxygens (including phenoxy) is 1. The van der Waals surface area contributed by atoms with Crippen molar-refractivity contribution in [1.82, 2.24) is 4.90 Å². The molecule has 1 heterocycles. The quantitative estimate of drug-likeness (QED) is 0.855. The van der Waals surface area contributed by atoms with Crippen LogP contribution < -0.4 is 4.74 Å². The summed E-state index contributed by atoms with van der Waals surface area (Å²) in [4.78, 5) is 13.0. The van der Waals surface area contributed by atoms with Crippen molar-refractivity contribution in [3.05, 3.63) is 30.3 Å². The van der Waals surface area contributed by atoms with Crippen LogP contribution in [0.3, 0.4) is 0 Å². The monoisotopic (exact) mass is 263 g/mol. The number of para-hydroxylation sites is 1. The summed E-state index contributed by atoms with van der Waals surface area (Å²) in [6, 6.07) is 9.78. The first-order valence-electron chi connectivity index (χ1n) is 6.86. The summed E-state index contributed by atoms with van der Waals surface area (Å²) < 4.78 is 5.67. The van der Waals surface area contributed by atoms with E-state index < -0.39 is 5.97 Å². The van der Waals surface area contributed by atoms with Crippen LogP contribution in [0.4, 0.5) is 0 Å². The fourth-order valence-electron chi connectivity index (χ4n) is 2.58. The third kappa shape index (κ3) is 4.91. The highest BCUT2D eigenvalue weighted by atomic mass is 16.5. The lowest BCUT2D eigenvalue weighted by Crippen LogP contribution is -2.38. The number of aliphatic carboxylic acids is 1. The highest BCUT2D eigenvalue weighted by Gasteiger charge is 2.21. The Morgan fingerprint density at radius 1 is 1.37 bits per heavy atom. The highest BCUT2D eigenvalue weighted by Crippen LogP contribution is 2.19. The summed E-state index contributed by atoms with van der Waals surface area (Å²) in [6.45, 7) is 3.45. The Morgan fingerprint density at radius 3 is 2.89 bits per heavy atom. The van der Waals surface area contributed by atoms with Gasteiger partial charge in [-0.25, -0.2) is 0 Å². The molecule has 0 saturated carbocycles. The lowest BCUT2D eigenvalue weighted by molar-refractivity contribution is -0.138. The fourth-order valence-corrected chi connectivity index (χ4v) is 2.58. The van der Waals surface area contributed by atoms with Gasteiger partial charge in [0.1, 0.15) is 12.4 Å². The number of nitrogens with zero attached hydrogens (tertiary/aromatic N) is 1. The van der Waals surface area contributed by atoms with Gasteiger partial charge in [-0.3, -0.25) is 9.69 Å². The summed E-state index contributed by atoms with van der Waals surface area (Å²) in [5.41, 5.74) is 0. The number of piperidine rings is 1. The molecule has 1 fully saturated rings. The van der Waals surface area contributed by atoms with E-state index in [4.69, 9.17) is 9.84 Å². The van der Waals surface area contributed by atoms with E-state index in [0.717, 1.165) is 38.2 Å². The zero-order chi connectivity index (χ0) is 13.5. The number of likely N-dealkylation sites (tertiary alicyclic amines) is 1. The number of benzene rings is 1. The van der Waals surface area contributed by atoms with E-state index in [2.05, 4.69) is 4.90 Å². The molecule has 4 nitrogen and oxygen atoms in total. The van der Waals surface area contributed by atoms with Gasteiger partial charge in [0.15, 0.2) is 0 Å². The van der Waals surface area contributed by atoms with Crippen LogP contribution in [0, 0.1) is 5.92 Å². The first kappa shape index (κ1) is 13.9. The molecule has 1 aromatic rings. The molecule has 0 aromatic heterocycles. The molecule has 1 saturated heterocycles. The molecule has 1 aliphatic heterocycles. The Bertz CT molecular complexity index is 394. The van der Waals surface area contributed by atoms with Crippen molar-refractivity contribution in [2.45, 2.75) is 19.3 Å². The molecule has 0 amide bonds. The standard InChI is InChI=1S/C15H21NO3/c17-15(18)11-13-5-4-8-16(12-13)9-10-19-14-6-2-1-3-7-14/h1-3,6-7,13H,4-5,8-12H2,(H,17,18). The highest BCUT2D eigenvalue weighted by molar-refractivity contribution is 5.67. The largest absolute Gasteiger partial charge is 0.492 e. The maximum absolute atomic E-state index is 10.7. The van der Waals surface area contributed by atoms with Gasteiger partial charge in [-0.1, -0.05) is 18.2 Å². The molecule has 0 aliphatic carbocycles. The average Bonchev–Trinajstić information content (AvgIpc) is 2.40. The fraction of sp³-hybridized carbons (Fsp3) is 0.533. The van der Waals surface area contributed by atoms with E-state index in [-0.39, 0.29) is 6.42 Å². The minimum Gasteiger partial charge on any atom is -0.492 e. The van der Waals surface area contributed by atoms with Gasteiger partial charge in [-0.05, 0) is 37.4 Å². The van der Waals surface area contributed by atoms with Crippen molar-refractivity contribution >= 4 is 5.97 Å². The third-order valence-electron chi connectivity index (χ3n) is 3.49. The SMILES string of the molecule is O=C(O)CC1CCCN(CCOc2ccccc2)C1. The van der Waals surface area contributed by atoms with Crippen molar-refractivity contribution in [2.24, 2.45) is 5.92 Å². The van der Waals surface area contributed by atoms with Gasteiger partial charge in [0.05, 0.1) is 0 Å². The van der Waals surface area contributed by atoms with Gasteiger partial charge in [-0.2, -0.15) is 0 Å². The summed E-state index contributed by atoms with van der Waals surface area (Å²) in [7, 11) is 0. The van der Waals surface area contributed by atoms with Crippen molar-refractivity contribution < 1.29 is 14.6 Å². The van der Waals surface area contributed by atoms with Crippen LogP contribution in [0.25, 0.3) is 0 Å². The van der Waals surface area contributed by atoms with Gasteiger partial charge >= 0.3 is 5.97 Å². The lowest BCUT2D eigenvalue weighted by Gasteiger charge is -2.31. The number of hydrogen-bond acceptors (Lipinski definition) is 3. The first-order chi connectivity index (χ1) is 9.24. The maximum Gasteiger partial charge on any atom is 0.303 e. The summed E-state index contributed by atoms with van der Waals surface area (Å²) in [5, 5.41) is 8.83. The van der Waals surface area contributed by atoms with Gasteiger partial charge < -0.3 is 9.84 Å². The predicted octanol–water partition coefficient (Wildman–Crippen LogP) is 2.25. The van der Waals surface area contributed by atoms with Crippen LogP contribution in [0.5, 0.6) is 5.75 Å². The molecule has 0 bridgehead atoms. The number of carboxylic acid groups (broad SMARTS) is 1. The molecule has 1 aromatic carbocycles. The number of carbonyl (C=O) groups is 1. The Kier molecular flexibility index (Phi) is 5.21. The molecule has 19 heavy (non-hydrogen) atoms. The first-order valence-corrected chi connectivity index (χ1v) is 6.86. The van der Waals surface area contributed by atoms with Gasteiger partial charge in [0.25, 0.3) is 0 Å². The van der Waals surface area contributed by atoms with E-state index >= 15 is 0 Å². The Labute approximate surface area is 114 Å². The Morgan fingerprint density at radius 2 is 2.16 bits per heavy atom. The van der Waals surface area contributed by atoms with Gasteiger partial charge in [-0.15, -0.1) is 0 Å². The predicted molar refractivity (Wildman–Crippen MR) is 73.4 cm³/mol. The molecular formula is C15H21NO3. The topological polar surface area (TPSA) is 49.8 Å². The maximum atomic E-state index is 10.7. The number of carboxylic acids is 1. The van der Waals surface area contributed by atoms with E-state index in [1.54, 1.807) is 0 Å². The van der Waals surface area contributed by atoms with Crippen molar-refractivity contribution in [3.8, 4) is 5.75 Å². The van der Waals surface area contributed by atoms with E-state index in [0.29, 0.717) is 12.5 Å². The number of hydrogen-bond donors (Lipinski definition) is 1. The van der Waals surface area contributed by atoms with Gasteiger partial charge in [0.2, 0.25) is 0 Å². The second kappa shape index (κ2) is 7.14. The third-order valence-corrected chi connectivity index (χ3v) is 3.49. The summed E-state index contributed by atoms with van der Waals surface area (Å²) >= 11 is 0. The zero-order valence-corrected chi connectivity index (χ0v) is 11.1. The average molecular weight is 263 g/mol. The van der Waals surface area contributed by atoms with E-state index in [1.807, 2.05) is 30.3 Å². The van der Waals surface area contributed by atoms with Crippen LogP contribution in [-0.4, -0.2) is 42.2 Å². The van der Waals surface area contributed by atoms with Crippen molar-refractivity contribution in [1.29, 1.82) is 0 Å². The Balaban J connectivity index is 1.69.